The number of anilines is 1. The summed E-state index contributed by atoms with van der Waals surface area (Å²) in [6.45, 7) is 0.402. The molecule has 0 aliphatic rings. The minimum Gasteiger partial charge on any atom is -0.337 e. The number of benzene rings is 2. The van der Waals surface area contributed by atoms with Crippen LogP contribution >= 0.6 is 15.9 Å². The van der Waals surface area contributed by atoms with E-state index in [4.69, 9.17) is 0 Å². The van der Waals surface area contributed by atoms with Crippen LogP contribution in [0.3, 0.4) is 0 Å². The molecule has 11 heteroatoms. The van der Waals surface area contributed by atoms with Gasteiger partial charge >= 0.3 is 6.03 Å². The third kappa shape index (κ3) is 5.59. The number of hydrogen-bond acceptors (Lipinski definition) is 6. The van der Waals surface area contributed by atoms with Gasteiger partial charge < -0.3 is 5.32 Å². The summed E-state index contributed by atoms with van der Waals surface area (Å²) in [7, 11) is 0. The summed E-state index contributed by atoms with van der Waals surface area (Å²) in [5.74, 6) is -0.659. The molecule has 0 saturated carbocycles. The Labute approximate surface area is 173 Å². The maximum atomic E-state index is 13.4. The molecule has 0 fully saturated rings. The highest BCUT2D eigenvalue weighted by Crippen LogP contribution is 2.23. The minimum atomic E-state index is -0.528. The first-order valence-corrected chi connectivity index (χ1v) is 9.21. The largest absolute Gasteiger partial charge is 0.337 e. The van der Waals surface area contributed by atoms with E-state index in [1.165, 1.54) is 18.2 Å². The number of nitrogens with one attached hydrogen (secondary N) is 3. The van der Waals surface area contributed by atoms with Crippen LogP contribution < -0.4 is 16.1 Å². The van der Waals surface area contributed by atoms with Crippen LogP contribution in [0.4, 0.5) is 20.7 Å². The Morgan fingerprint density at radius 2 is 2.00 bits per heavy atom. The van der Waals surface area contributed by atoms with Gasteiger partial charge in [0.15, 0.2) is 11.5 Å². The monoisotopic (exact) mass is 462 g/mol. The van der Waals surface area contributed by atoms with Gasteiger partial charge in [0.1, 0.15) is 5.82 Å². The van der Waals surface area contributed by atoms with Crippen LogP contribution in [0.1, 0.15) is 11.3 Å². The molecular weight excluding hydrogens is 447 g/mol. The summed E-state index contributed by atoms with van der Waals surface area (Å²) in [5.41, 5.74) is 3.24. The van der Waals surface area contributed by atoms with Crippen molar-refractivity contribution in [3.8, 4) is 0 Å². The summed E-state index contributed by atoms with van der Waals surface area (Å²) in [5, 5.41) is 21.8. The van der Waals surface area contributed by atoms with Crippen LogP contribution in [0.2, 0.25) is 0 Å². The molecule has 9 nitrogen and oxygen atoms in total. The number of aliphatic imine (C=N–C) groups is 1. The summed E-state index contributed by atoms with van der Waals surface area (Å²) in [6.07, 6.45) is 0.655. The summed E-state index contributed by atoms with van der Waals surface area (Å²) in [6, 6.07) is 13.2. The third-order valence-corrected chi connectivity index (χ3v) is 4.34. The van der Waals surface area contributed by atoms with E-state index in [0.29, 0.717) is 18.7 Å². The minimum absolute atomic E-state index is 0.0360. The Kier molecular flexibility index (Phi) is 6.87. The zero-order valence-corrected chi connectivity index (χ0v) is 16.5. The van der Waals surface area contributed by atoms with Gasteiger partial charge in [-0.1, -0.05) is 30.3 Å². The Hall–Kier alpha value is -3.31. The number of halogens is 2. The zero-order chi connectivity index (χ0) is 20.6. The Morgan fingerprint density at radius 1 is 1.21 bits per heavy atom. The molecular formula is C18H16BrFN6O3. The lowest BCUT2D eigenvalue weighted by molar-refractivity contribution is 0.234. The first-order chi connectivity index (χ1) is 14.1. The predicted molar refractivity (Wildman–Crippen MR) is 107 cm³/mol. The fourth-order valence-electron chi connectivity index (χ4n) is 2.36. The van der Waals surface area contributed by atoms with Crippen molar-refractivity contribution in [2.75, 3.05) is 11.9 Å². The topological polar surface area (TPSA) is 125 Å². The molecule has 3 rings (SSSR count). The molecule has 29 heavy (non-hydrogen) atoms. The normalized spacial score (nSPS) is 11.2. The summed E-state index contributed by atoms with van der Waals surface area (Å²) < 4.78 is 18.2. The molecule has 2 amide bonds. The van der Waals surface area contributed by atoms with E-state index in [1.807, 2.05) is 35.8 Å². The van der Waals surface area contributed by atoms with Gasteiger partial charge in [-0.15, -0.1) is 0 Å². The first kappa shape index (κ1) is 20.4. The molecule has 1 aromatic heterocycles. The van der Waals surface area contributed by atoms with E-state index in [0.717, 1.165) is 5.56 Å². The van der Waals surface area contributed by atoms with Gasteiger partial charge in [-0.2, -0.15) is 0 Å². The maximum Gasteiger partial charge on any atom is 0.320 e. The van der Waals surface area contributed by atoms with E-state index < -0.39 is 11.8 Å². The van der Waals surface area contributed by atoms with Gasteiger partial charge in [0.05, 0.1) is 10.2 Å². The molecule has 0 spiro atoms. The Morgan fingerprint density at radius 3 is 2.72 bits per heavy atom. The lowest BCUT2D eigenvalue weighted by atomic mass is 10.1. The zero-order valence-electron chi connectivity index (χ0n) is 14.9. The quantitative estimate of drug-likeness (QED) is 0.252. The van der Waals surface area contributed by atoms with Crippen LogP contribution in [0.25, 0.3) is 0 Å². The number of hydroxylamine groups is 1. The van der Waals surface area contributed by atoms with Gasteiger partial charge in [0, 0.05) is 6.54 Å². The smallest absolute Gasteiger partial charge is 0.320 e. The maximum absolute atomic E-state index is 13.4. The van der Waals surface area contributed by atoms with Crippen molar-refractivity contribution in [3.63, 3.8) is 0 Å². The van der Waals surface area contributed by atoms with Gasteiger partial charge in [0.2, 0.25) is 5.82 Å². The van der Waals surface area contributed by atoms with Crippen LogP contribution in [-0.4, -0.2) is 33.9 Å². The second kappa shape index (κ2) is 9.75. The standard InChI is InChI=1S/C18H16BrFN6O3/c19-13-10-12(6-7-14(13)20)22-16(24-28)15-17(26-29-25-15)23-18(27)21-9-8-11-4-2-1-3-5-11/h1-7,10,28H,8-9H2,(H,22,24)(H2,21,23,26,27). The number of carbonyl (C=O) groups is 1. The van der Waals surface area contributed by atoms with E-state index in [1.54, 1.807) is 0 Å². The highest BCUT2D eigenvalue weighted by molar-refractivity contribution is 9.10. The van der Waals surface area contributed by atoms with Crippen molar-refractivity contribution in [2.24, 2.45) is 4.99 Å². The summed E-state index contributed by atoms with van der Waals surface area (Å²) in [4.78, 5) is 16.2. The van der Waals surface area contributed by atoms with Crippen molar-refractivity contribution in [1.29, 1.82) is 0 Å². The molecule has 1 heterocycles. The van der Waals surface area contributed by atoms with Crippen LogP contribution in [0, 0.1) is 5.82 Å². The van der Waals surface area contributed by atoms with Gasteiger partial charge in [-0.05, 0) is 56.4 Å². The number of aromatic nitrogens is 2. The molecule has 0 unspecified atom stereocenters. The van der Waals surface area contributed by atoms with Crippen molar-refractivity contribution in [3.05, 3.63) is 70.1 Å². The van der Waals surface area contributed by atoms with Crippen LogP contribution in [0.15, 0.2) is 62.6 Å². The molecule has 0 aliphatic carbocycles. The summed E-state index contributed by atoms with van der Waals surface area (Å²) >= 11 is 3.06. The van der Waals surface area contributed by atoms with Crippen LogP contribution in [0.5, 0.6) is 0 Å². The Balaban J connectivity index is 1.66. The number of amides is 2. The lowest BCUT2D eigenvalue weighted by Gasteiger charge is -2.07. The molecule has 4 N–H and O–H groups in total. The molecule has 0 aliphatic heterocycles. The molecule has 0 saturated heterocycles. The number of amidine groups is 1. The second-order valence-electron chi connectivity index (χ2n) is 5.75. The van der Waals surface area contributed by atoms with E-state index in [2.05, 4.69) is 46.5 Å². The number of carbonyl (C=O) groups excluding carboxylic acids is 1. The molecule has 0 bridgehead atoms. The van der Waals surface area contributed by atoms with Crippen LogP contribution in [-0.2, 0) is 6.42 Å². The SMILES string of the molecule is O=C(NCCc1ccccc1)Nc1nonc1C(=Nc1ccc(F)c(Br)c1)NO. The fraction of sp³-hybridized carbons (Fsp3) is 0.111. The van der Waals surface area contributed by atoms with Crippen molar-refractivity contribution in [2.45, 2.75) is 6.42 Å². The van der Waals surface area contributed by atoms with Gasteiger partial charge in [-0.3, -0.25) is 16.0 Å². The number of rotatable bonds is 6. The van der Waals surface area contributed by atoms with Crippen molar-refractivity contribution in [1.82, 2.24) is 21.1 Å². The average molecular weight is 463 g/mol. The van der Waals surface area contributed by atoms with E-state index in [-0.39, 0.29) is 21.8 Å². The van der Waals surface area contributed by atoms with Crippen molar-refractivity contribution >= 4 is 39.3 Å². The highest BCUT2D eigenvalue weighted by atomic mass is 79.9. The molecule has 0 atom stereocenters. The molecule has 3 aromatic rings. The van der Waals surface area contributed by atoms with E-state index >= 15 is 0 Å². The molecule has 2 aromatic carbocycles. The fourth-order valence-corrected chi connectivity index (χ4v) is 2.72. The van der Waals surface area contributed by atoms with Gasteiger partial charge in [0.25, 0.3) is 0 Å². The van der Waals surface area contributed by atoms with Crippen molar-refractivity contribution < 1.29 is 19.0 Å². The lowest BCUT2D eigenvalue weighted by Crippen LogP contribution is -2.32. The average Bonchev–Trinajstić information content (AvgIpc) is 3.17. The Bertz CT molecular complexity index is 1010. The number of nitrogens with zero attached hydrogens (tertiary/aromatic N) is 3. The van der Waals surface area contributed by atoms with E-state index in [9.17, 15) is 14.4 Å². The number of urea groups is 1. The highest BCUT2D eigenvalue weighted by Gasteiger charge is 2.18. The first-order valence-electron chi connectivity index (χ1n) is 8.42. The third-order valence-electron chi connectivity index (χ3n) is 3.74. The second-order valence-corrected chi connectivity index (χ2v) is 6.60. The molecule has 0 radical (unpaired) electrons. The number of hydrogen-bond donors (Lipinski definition) is 4. The molecule has 150 valence electrons. The predicted octanol–water partition coefficient (Wildman–Crippen LogP) is 3.39. The van der Waals surface area contributed by atoms with Gasteiger partial charge in [-0.25, -0.2) is 18.8 Å².